The highest BCUT2D eigenvalue weighted by Gasteiger charge is 2.33. The summed E-state index contributed by atoms with van der Waals surface area (Å²) < 4.78 is 18.4. The quantitative estimate of drug-likeness (QED) is 0.932. The summed E-state index contributed by atoms with van der Waals surface area (Å²) in [6.45, 7) is 1.38. The normalized spacial score (nSPS) is 21.5. The number of rotatable bonds is 4. The first-order valence-corrected chi connectivity index (χ1v) is 7.78. The highest BCUT2D eigenvalue weighted by atomic mass is 35.5. The lowest BCUT2D eigenvalue weighted by Gasteiger charge is -2.26. The molecule has 1 N–H and O–H groups in total. The average Bonchev–Trinajstić information content (AvgIpc) is 3.18. The molecular formula is C16H17ClFN3O2. The smallest absolute Gasteiger partial charge is 0.273 e. The van der Waals surface area contributed by atoms with Gasteiger partial charge in [0.25, 0.3) is 5.91 Å². The van der Waals surface area contributed by atoms with Gasteiger partial charge in [-0.3, -0.25) is 9.69 Å². The third-order valence-electron chi connectivity index (χ3n) is 4.25. The molecule has 1 fully saturated rings. The number of aromatic nitrogens is 1. The number of likely N-dealkylation sites (tertiary alicyclic amines) is 1. The van der Waals surface area contributed by atoms with Crippen LogP contribution in [0.3, 0.4) is 0 Å². The lowest BCUT2D eigenvalue weighted by Crippen LogP contribution is -2.32. The number of nitrogens with one attached hydrogen (secondary N) is 1. The molecule has 1 aliphatic rings. The standard InChI is InChI=1S/C16H17ClFN3O2/c1-21-6-4-11(9-19-16(22)14-5-7-23-20-14)15(21)10-2-3-12(17)13(18)8-10/h2-3,5,7-8,11,15H,4,6,9H2,1H3,(H,19,22)/t11-,15+/m1/s1. The molecule has 23 heavy (non-hydrogen) atoms. The van der Waals surface area contributed by atoms with E-state index in [1.54, 1.807) is 6.07 Å². The van der Waals surface area contributed by atoms with E-state index in [-0.39, 0.29) is 28.6 Å². The average molecular weight is 338 g/mol. The van der Waals surface area contributed by atoms with Crippen molar-refractivity contribution in [3.05, 3.63) is 52.6 Å². The van der Waals surface area contributed by atoms with E-state index < -0.39 is 5.82 Å². The van der Waals surface area contributed by atoms with E-state index in [4.69, 9.17) is 11.6 Å². The van der Waals surface area contributed by atoms with Gasteiger partial charge in [0.1, 0.15) is 12.1 Å². The van der Waals surface area contributed by atoms with Crippen molar-refractivity contribution in [2.75, 3.05) is 20.1 Å². The molecule has 2 aromatic rings. The van der Waals surface area contributed by atoms with Gasteiger partial charge in [0.15, 0.2) is 5.69 Å². The fraction of sp³-hybridized carbons (Fsp3) is 0.375. The van der Waals surface area contributed by atoms with Crippen molar-refractivity contribution >= 4 is 17.5 Å². The Morgan fingerprint density at radius 2 is 2.35 bits per heavy atom. The van der Waals surface area contributed by atoms with Crippen molar-refractivity contribution in [3.8, 4) is 0 Å². The van der Waals surface area contributed by atoms with E-state index in [1.807, 2.05) is 13.1 Å². The molecule has 0 aliphatic carbocycles. The van der Waals surface area contributed by atoms with Gasteiger partial charge in [-0.2, -0.15) is 0 Å². The number of carbonyl (C=O) groups is 1. The van der Waals surface area contributed by atoms with Crippen LogP contribution in [0, 0.1) is 11.7 Å². The maximum atomic E-state index is 13.7. The van der Waals surface area contributed by atoms with Gasteiger partial charge in [-0.05, 0) is 43.6 Å². The number of carbonyl (C=O) groups excluding carboxylic acids is 1. The Bertz CT molecular complexity index is 693. The highest BCUT2D eigenvalue weighted by molar-refractivity contribution is 6.30. The second kappa shape index (κ2) is 6.68. The summed E-state index contributed by atoms with van der Waals surface area (Å²) in [4.78, 5) is 14.1. The molecule has 1 amide bonds. The molecule has 2 heterocycles. The molecule has 3 rings (SSSR count). The van der Waals surface area contributed by atoms with Gasteiger partial charge in [0, 0.05) is 18.7 Å². The predicted octanol–water partition coefficient (Wildman–Crippen LogP) is 2.89. The van der Waals surface area contributed by atoms with Crippen molar-refractivity contribution < 1.29 is 13.7 Å². The monoisotopic (exact) mass is 337 g/mol. The molecule has 5 nitrogen and oxygen atoms in total. The molecule has 1 aliphatic heterocycles. The summed E-state index contributed by atoms with van der Waals surface area (Å²) in [5, 5.41) is 6.59. The molecule has 2 atom stereocenters. The summed E-state index contributed by atoms with van der Waals surface area (Å²) in [7, 11) is 2.00. The maximum Gasteiger partial charge on any atom is 0.273 e. The van der Waals surface area contributed by atoms with Crippen LogP contribution in [0.5, 0.6) is 0 Å². The van der Waals surface area contributed by atoms with Crippen molar-refractivity contribution in [2.45, 2.75) is 12.5 Å². The van der Waals surface area contributed by atoms with Crippen LogP contribution in [0.2, 0.25) is 5.02 Å². The molecule has 1 aromatic carbocycles. The minimum Gasteiger partial charge on any atom is -0.364 e. The van der Waals surface area contributed by atoms with Crippen molar-refractivity contribution in [2.24, 2.45) is 5.92 Å². The summed E-state index contributed by atoms with van der Waals surface area (Å²) in [5.74, 6) is -0.499. The van der Waals surface area contributed by atoms with Crippen molar-refractivity contribution in [3.63, 3.8) is 0 Å². The third-order valence-corrected chi connectivity index (χ3v) is 4.56. The molecule has 0 unspecified atom stereocenters. The van der Waals surface area contributed by atoms with Crippen molar-refractivity contribution in [1.82, 2.24) is 15.4 Å². The predicted molar refractivity (Wildman–Crippen MR) is 83.7 cm³/mol. The minimum absolute atomic E-state index is 0.0411. The third kappa shape index (κ3) is 3.38. The Morgan fingerprint density at radius 3 is 3.04 bits per heavy atom. The Balaban J connectivity index is 1.71. The largest absolute Gasteiger partial charge is 0.364 e. The van der Waals surface area contributed by atoms with Crippen LogP contribution in [0.15, 0.2) is 35.1 Å². The molecule has 0 spiro atoms. The van der Waals surface area contributed by atoms with Crippen LogP contribution in [-0.2, 0) is 0 Å². The van der Waals surface area contributed by atoms with Gasteiger partial charge in [0.2, 0.25) is 0 Å². The highest BCUT2D eigenvalue weighted by Crippen LogP contribution is 2.36. The zero-order valence-corrected chi connectivity index (χ0v) is 13.4. The number of halogens is 2. The van der Waals surface area contributed by atoms with E-state index >= 15 is 0 Å². The Hall–Kier alpha value is -1.92. The molecule has 0 saturated carbocycles. The first-order valence-electron chi connectivity index (χ1n) is 7.40. The van der Waals surface area contributed by atoms with E-state index in [1.165, 1.54) is 18.4 Å². The molecule has 122 valence electrons. The Morgan fingerprint density at radius 1 is 1.52 bits per heavy atom. The first kappa shape index (κ1) is 16.0. The van der Waals surface area contributed by atoms with Crippen LogP contribution in [0.4, 0.5) is 4.39 Å². The fourth-order valence-corrected chi connectivity index (χ4v) is 3.22. The second-order valence-corrected chi connectivity index (χ2v) is 6.15. The van der Waals surface area contributed by atoms with E-state index in [2.05, 4.69) is 19.9 Å². The molecule has 1 aromatic heterocycles. The van der Waals surface area contributed by atoms with Crippen LogP contribution in [0.25, 0.3) is 0 Å². The maximum absolute atomic E-state index is 13.7. The lowest BCUT2D eigenvalue weighted by molar-refractivity contribution is 0.0934. The first-order chi connectivity index (χ1) is 11.1. The minimum atomic E-state index is -0.421. The molecule has 7 heteroatoms. The number of hydrogen-bond acceptors (Lipinski definition) is 4. The molecule has 1 saturated heterocycles. The zero-order chi connectivity index (χ0) is 16.4. The van der Waals surface area contributed by atoms with Crippen LogP contribution in [-0.4, -0.2) is 36.1 Å². The fourth-order valence-electron chi connectivity index (χ4n) is 3.11. The van der Waals surface area contributed by atoms with Gasteiger partial charge in [-0.15, -0.1) is 0 Å². The van der Waals surface area contributed by atoms with E-state index in [0.29, 0.717) is 6.54 Å². The van der Waals surface area contributed by atoms with Crippen molar-refractivity contribution in [1.29, 1.82) is 0 Å². The SMILES string of the molecule is CN1CC[C@H](CNC(=O)c2ccon2)[C@@H]1c1ccc(Cl)c(F)c1. The topological polar surface area (TPSA) is 58.4 Å². The molecule has 0 radical (unpaired) electrons. The Kier molecular flexibility index (Phi) is 4.63. The number of benzene rings is 1. The molecular weight excluding hydrogens is 321 g/mol. The number of amides is 1. The van der Waals surface area contributed by atoms with Gasteiger partial charge in [0.05, 0.1) is 5.02 Å². The summed E-state index contributed by atoms with van der Waals surface area (Å²) >= 11 is 5.76. The van der Waals surface area contributed by atoms with Gasteiger partial charge < -0.3 is 9.84 Å². The van der Waals surface area contributed by atoms with Gasteiger partial charge in [-0.25, -0.2) is 4.39 Å². The number of nitrogens with zero attached hydrogens (tertiary/aromatic N) is 2. The van der Waals surface area contributed by atoms with Crippen LogP contribution < -0.4 is 5.32 Å². The molecule has 0 bridgehead atoms. The summed E-state index contributed by atoms with van der Waals surface area (Å²) in [5.41, 5.74) is 1.12. The summed E-state index contributed by atoms with van der Waals surface area (Å²) in [6.07, 6.45) is 2.28. The van der Waals surface area contributed by atoms with E-state index in [9.17, 15) is 9.18 Å². The lowest BCUT2D eigenvalue weighted by atomic mass is 9.93. The number of hydrogen-bond donors (Lipinski definition) is 1. The zero-order valence-electron chi connectivity index (χ0n) is 12.6. The summed E-state index contributed by atoms with van der Waals surface area (Å²) in [6, 6.07) is 6.44. The van der Waals surface area contributed by atoms with E-state index in [0.717, 1.165) is 18.5 Å². The Labute approximate surface area is 138 Å². The van der Waals surface area contributed by atoms with Gasteiger partial charge >= 0.3 is 0 Å². The second-order valence-electron chi connectivity index (χ2n) is 5.74. The van der Waals surface area contributed by atoms with Gasteiger partial charge in [-0.1, -0.05) is 22.8 Å². The van der Waals surface area contributed by atoms with Crippen LogP contribution >= 0.6 is 11.6 Å². The van der Waals surface area contributed by atoms with Crippen LogP contribution in [0.1, 0.15) is 28.5 Å².